The number of carbonyl (C=O) groups is 2. The summed E-state index contributed by atoms with van der Waals surface area (Å²) in [6.45, 7) is 3.54. The van der Waals surface area contributed by atoms with Gasteiger partial charge in [0, 0.05) is 35.7 Å². The lowest BCUT2D eigenvalue weighted by Gasteiger charge is -2.37. The van der Waals surface area contributed by atoms with E-state index in [1.54, 1.807) is 42.7 Å². The van der Waals surface area contributed by atoms with Crippen molar-refractivity contribution in [3.05, 3.63) is 86.6 Å². The molecule has 2 aromatic carbocycles. The zero-order chi connectivity index (χ0) is 24.8. The summed E-state index contributed by atoms with van der Waals surface area (Å²) >= 11 is 7.80. The summed E-state index contributed by atoms with van der Waals surface area (Å²) in [4.78, 5) is 31.4. The summed E-state index contributed by atoms with van der Waals surface area (Å²) in [5.74, 6) is 0.396. The van der Waals surface area contributed by atoms with Crippen molar-refractivity contribution in [1.29, 1.82) is 0 Å². The lowest BCUT2D eigenvalue weighted by atomic mass is 10.0. The molecule has 1 unspecified atom stereocenters. The van der Waals surface area contributed by atoms with E-state index in [0.717, 1.165) is 23.3 Å². The summed E-state index contributed by atoms with van der Waals surface area (Å²) < 4.78 is 11.3. The van der Waals surface area contributed by atoms with Crippen molar-refractivity contribution in [3.63, 3.8) is 0 Å². The second kappa shape index (κ2) is 11.7. The fourth-order valence-corrected chi connectivity index (χ4v) is 5.31. The molecule has 0 saturated carbocycles. The number of hydrogen-bond donors (Lipinski definition) is 0. The highest BCUT2D eigenvalue weighted by Crippen LogP contribution is 2.34. The first kappa shape index (κ1) is 25.2. The summed E-state index contributed by atoms with van der Waals surface area (Å²) in [5, 5.41) is 2.54. The maximum Gasteiger partial charge on any atom is 0.254 e. The lowest BCUT2D eigenvalue weighted by molar-refractivity contribution is -0.135. The number of aryl methyl sites for hydroxylation is 1. The van der Waals surface area contributed by atoms with Gasteiger partial charge < -0.3 is 19.3 Å². The van der Waals surface area contributed by atoms with E-state index in [1.165, 1.54) is 9.78 Å². The standard InChI is InChI=1S/C27H29ClN2O4S/c1-19-6-8-22(9-7-19)34-18-24-23-11-15-35-25(23)10-12-30(24)26(31)17-29(13-14-33-2)27(32)20-4-3-5-21(28)16-20/h3-9,11,15-16,24H,10,12-14,17-18H2,1-2H3. The summed E-state index contributed by atoms with van der Waals surface area (Å²) in [5.41, 5.74) is 2.72. The summed E-state index contributed by atoms with van der Waals surface area (Å²) in [7, 11) is 1.57. The Morgan fingerprint density at radius 1 is 1.17 bits per heavy atom. The molecule has 0 saturated heterocycles. The fourth-order valence-electron chi connectivity index (χ4n) is 4.20. The van der Waals surface area contributed by atoms with Gasteiger partial charge in [0.2, 0.25) is 5.91 Å². The maximum absolute atomic E-state index is 13.6. The molecule has 1 aromatic heterocycles. The fraction of sp³-hybridized carbons (Fsp3) is 0.333. The first-order valence-electron chi connectivity index (χ1n) is 11.5. The number of benzene rings is 2. The van der Waals surface area contributed by atoms with Crippen LogP contribution in [-0.4, -0.2) is 61.6 Å². The van der Waals surface area contributed by atoms with Gasteiger partial charge in [-0.1, -0.05) is 35.4 Å². The number of nitrogens with zero attached hydrogens (tertiary/aromatic N) is 2. The molecule has 0 radical (unpaired) electrons. The number of ether oxygens (including phenoxy) is 2. The topological polar surface area (TPSA) is 59.1 Å². The SMILES string of the molecule is COCCN(CC(=O)N1CCc2sccc2C1COc1ccc(C)cc1)C(=O)c1cccc(Cl)c1. The molecule has 1 aliphatic heterocycles. The molecule has 0 N–H and O–H groups in total. The van der Waals surface area contributed by atoms with Crippen molar-refractivity contribution in [3.8, 4) is 5.75 Å². The number of methoxy groups -OCH3 is 1. The minimum atomic E-state index is -0.251. The molecule has 35 heavy (non-hydrogen) atoms. The number of carbonyl (C=O) groups excluding carboxylic acids is 2. The van der Waals surface area contributed by atoms with E-state index < -0.39 is 0 Å². The first-order valence-corrected chi connectivity index (χ1v) is 12.8. The van der Waals surface area contributed by atoms with Gasteiger partial charge in [-0.15, -0.1) is 11.3 Å². The average molecular weight is 513 g/mol. The van der Waals surface area contributed by atoms with Crippen LogP contribution in [0.5, 0.6) is 5.75 Å². The third-order valence-electron chi connectivity index (χ3n) is 6.09. The van der Waals surface area contributed by atoms with Gasteiger partial charge in [-0.05, 0) is 60.7 Å². The predicted molar refractivity (Wildman–Crippen MR) is 138 cm³/mol. The molecule has 1 atom stereocenters. The van der Waals surface area contributed by atoms with E-state index >= 15 is 0 Å². The second-order valence-electron chi connectivity index (χ2n) is 8.51. The van der Waals surface area contributed by atoms with Gasteiger partial charge in [-0.2, -0.15) is 0 Å². The van der Waals surface area contributed by atoms with Crippen molar-refractivity contribution in [2.45, 2.75) is 19.4 Å². The Morgan fingerprint density at radius 2 is 1.97 bits per heavy atom. The molecule has 6 nitrogen and oxygen atoms in total. The van der Waals surface area contributed by atoms with Crippen molar-refractivity contribution in [1.82, 2.24) is 9.80 Å². The predicted octanol–water partition coefficient (Wildman–Crippen LogP) is 5.00. The Bertz CT molecular complexity index is 1160. The van der Waals surface area contributed by atoms with E-state index in [0.29, 0.717) is 36.9 Å². The number of fused-ring (bicyclic) bond motifs is 1. The highest BCUT2D eigenvalue weighted by atomic mass is 35.5. The Kier molecular flexibility index (Phi) is 8.44. The zero-order valence-electron chi connectivity index (χ0n) is 19.9. The van der Waals surface area contributed by atoms with E-state index in [4.69, 9.17) is 21.1 Å². The highest BCUT2D eigenvalue weighted by Gasteiger charge is 2.33. The largest absolute Gasteiger partial charge is 0.491 e. The molecule has 0 spiro atoms. The molecule has 2 amide bonds. The minimum absolute atomic E-state index is 0.0464. The van der Waals surface area contributed by atoms with Gasteiger partial charge in [-0.25, -0.2) is 0 Å². The number of rotatable bonds is 9. The molecule has 3 aromatic rings. The van der Waals surface area contributed by atoms with Crippen LogP contribution in [0.3, 0.4) is 0 Å². The van der Waals surface area contributed by atoms with Crippen molar-refractivity contribution < 1.29 is 19.1 Å². The lowest BCUT2D eigenvalue weighted by Crippen LogP contribution is -2.48. The van der Waals surface area contributed by atoms with Crippen molar-refractivity contribution >= 4 is 34.8 Å². The molecular formula is C27H29ClN2O4S. The maximum atomic E-state index is 13.6. The molecule has 184 valence electrons. The average Bonchev–Trinajstić information content (AvgIpc) is 3.34. The number of amides is 2. The molecule has 0 bridgehead atoms. The van der Waals surface area contributed by atoms with E-state index in [-0.39, 0.29) is 24.4 Å². The van der Waals surface area contributed by atoms with Crippen molar-refractivity contribution in [2.75, 3.05) is 40.0 Å². The van der Waals surface area contributed by atoms with Gasteiger partial charge in [-0.3, -0.25) is 9.59 Å². The number of hydrogen-bond acceptors (Lipinski definition) is 5. The monoisotopic (exact) mass is 512 g/mol. The Hall–Kier alpha value is -2.87. The highest BCUT2D eigenvalue weighted by molar-refractivity contribution is 7.10. The van der Waals surface area contributed by atoms with Crippen molar-refractivity contribution in [2.24, 2.45) is 0 Å². The van der Waals surface area contributed by atoms with E-state index in [1.807, 2.05) is 36.1 Å². The molecule has 1 aliphatic rings. The molecule has 2 heterocycles. The molecule has 0 fully saturated rings. The minimum Gasteiger partial charge on any atom is -0.491 e. The van der Waals surface area contributed by atoms with Crippen LogP contribution in [0.25, 0.3) is 0 Å². The smallest absolute Gasteiger partial charge is 0.254 e. The van der Waals surface area contributed by atoms with Crippen LogP contribution >= 0.6 is 22.9 Å². The van der Waals surface area contributed by atoms with Crippen LogP contribution in [0, 0.1) is 6.92 Å². The van der Waals surface area contributed by atoms with Crippen LogP contribution in [-0.2, 0) is 16.0 Å². The van der Waals surface area contributed by atoms with E-state index in [2.05, 4.69) is 11.4 Å². The van der Waals surface area contributed by atoms with Gasteiger partial charge in [0.25, 0.3) is 5.91 Å². The third-order valence-corrected chi connectivity index (χ3v) is 7.33. The third kappa shape index (κ3) is 6.23. The Morgan fingerprint density at radius 3 is 2.71 bits per heavy atom. The number of thiophene rings is 1. The molecule has 8 heteroatoms. The van der Waals surface area contributed by atoms with Gasteiger partial charge in [0.05, 0.1) is 12.6 Å². The zero-order valence-corrected chi connectivity index (χ0v) is 21.5. The quantitative estimate of drug-likeness (QED) is 0.404. The van der Waals surface area contributed by atoms with Gasteiger partial charge in [0.1, 0.15) is 18.9 Å². The van der Waals surface area contributed by atoms with Gasteiger partial charge >= 0.3 is 0 Å². The Balaban J connectivity index is 1.52. The van der Waals surface area contributed by atoms with E-state index in [9.17, 15) is 9.59 Å². The van der Waals surface area contributed by atoms with Crippen LogP contribution in [0.4, 0.5) is 0 Å². The summed E-state index contributed by atoms with van der Waals surface area (Å²) in [6.07, 6.45) is 0.792. The van der Waals surface area contributed by atoms with Crippen LogP contribution in [0.2, 0.25) is 5.02 Å². The van der Waals surface area contributed by atoms with Crippen LogP contribution in [0.15, 0.2) is 60.0 Å². The van der Waals surface area contributed by atoms with Crippen LogP contribution < -0.4 is 4.74 Å². The molecular weight excluding hydrogens is 484 g/mol. The normalized spacial score (nSPS) is 14.9. The Labute approximate surface area is 215 Å². The first-order chi connectivity index (χ1) is 17.0. The summed E-state index contributed by atoms with van der Waals surface area (Å²) in [6, 6.07) is 16.5. The molecule has 0 aliphatic carbocycles. The second-order valence-corrected chi connectivity index (χ2v) is 9.94. The number of halogens is 1. The van der Waals surface area contributed by atoms with Gasteiger partial charge in [0.15, 0.2) is 0 Å². The van der Waals surface area contributed by atoms with Crippen LogP contribution in [0.1, 0.15) is 32.4 Å². The molecule has 4 rings (SSSR count).